The molecule has 1 heterocycles. The van der Waals surface area contributed by atoms with E-state index in [2.05, 4.69) is 15.4 Å². The van der Waals surface area contributed by atoms with Gasteiger partial charge >= 0.3 is 0 Å². The molecule has 0 radical (unpaired) electrons. The number of thiocarbonyl (C=S) groups is 1. The quantitative estimate of drug-likeness (QED) is 0.788. The number of ether oxygens (including phenoxy) is 1. The van der Waals surface area contributed by atoms with Gasteiger partial charge < -0.3 is 15.8 Å². The first-order valence-corrected chi connectivity index (χ1v) is 5.20. The van der Waals surface area contributed by atoms with E-state index in [-0.39, 0.29) is 5.11 Å². The topological polar surface area (TPSA) is 78.0 Å². The molecule has 1 aromatic heterocycles. The number of hydrogen-bond acceptors (Lipinski definition) is 4. The molecule has 88 valence electrons. The van der Waals surface area contributed by atoms with Crippen molar-refractivity contribution >= 4 is 23.0 Å². The second-order valence-electron chi connectivity index (χ2n) is 3.25. The standard InChI is InChI=1S/C10H11N5OS/c1-16-9-3-7(14-10(11)17)2-8(4-9)15-6-12-5-13-15/h2-6H,1H3,(H3,11,14,17). The van der Waals surface area contributed by atoms with E-state index in [0.29, 0.717) is 5.75 Å². The molecule has 0 spiro atoms. The molecule has 0 aliphatic rings. The Morgan fingerprint density at radius 2 is 2.29 bits per heavy atom. The van der Waals surface area contributed by atoms with Gasteiger partial charge in [0.15, 0.2) is 5.11 Å². The predicted octanol–water partition coefficient (Wildman–Crippen LogP) is 0.931. The van der Waals surface area contributed by atoms with E-state index in [1.807, 2.05) is 12.1 Å². The number of rotatable bonds is 3. The van der Waals surface area contributed by atoms with Gasteiger partial charge in [-0.2, -0.15) is 5.10 Å². The largest absolute Gasteiger partial charge is 0.497 e. The molecule has 3 N–H and O–H groups in total. The third kappa shape index (κ3) is 2.70. The third-order valence-corrected chi connectivity index (χ3v) is 2.18. The Labute approximate surface area is 103 Å². The maximum atomic E-state index is 5.43. The van der Waals surface area contributed by atoms with E-state index >= 15 is 0 Å². The molecule has 0 fully saturated rings. The Morgan fingerprint density at radius 3 is 2.88 bits per heavy atom. The summed E-state index contributed by atoms with van der Waals surface area (Å²) in [5.74, 6) is 0.678. The molecule has 0 atom stereocenters. The van der Waals surface area contributed by atoms with E-state index in [1.165, 1.54) is 6.33 Å². The number of hydrogen-bond donors (Lipinski definition) is 2. The van der Waals surface area contributed by atoms with Crippen LogP contribution >= 0.6 is 12.2 Å². The number of anilines is 1. The Morgan fingerprint density at radius 1 is 1.47 bits per heavy atom. The molecule has 0 saturated carbocycles. The van der Waals surface area contributed by atoms with Crippen LogP contribution in [0.25, 0.3) is 5.69 Å². The molecule has 0 aliphatic carbocycles. The van der Waals surface area contributed by atoms with Crippen molar-refractivity contribution in [3.63, 3.8) is 0 Å². The van der Waals surface area contributed by atoms with Crippen molar-refractivity contribution in [2.75, 3.05) is 12.4 Å². The van der Waals surface area contributed by atoms with Gasteiger partial charge in [0.1, 0.15) is 18.4 Å². The molecular weight excluding hydrogens is 238 g/mol. The van der Waals surface area contributed by atoms with Crippen LogP contribution in [0, 0.1) is 0 Å². The monoisotopic (exact) mass is 249 g/mol. The van der Waals surface area contributed by atoms with Gasteiger partial charge in [-0.1, -0.05) is 0 Å². The van der Waals surface area contributed by atoms with E-state index < -0.39 is 0 Å². The zero-order valence-corrected chi connectivity index (χ0v) is 9.94. The van der Waals surface area contributed by atoms with Gasteiger partial charge in [-0.15, -0.1) is 0 Å². The molecule has 0 aliphatic heterocycles. The van der Waals surface area contributed by atoms with Crippen LogP contribution in [0.5, 0.6) is 5.75 Å². The first-order chi connectivity index (χ1) is 8.19. The third-order valence-electron chi connectivity index (χ3n) is 2.08. The first-order valence-electron chi connectivity index (χ1n) is 4.79. The average molecular weight is 249 g/mol. The number of benzene rings is 1. The van der Waals surface area contributed by atoms with Crippen molar-refractivity contribution in [1.29, 1.82) is 0 Å². The van der Waals surface area contributed by atoms with Gasteiger partial charge in [0.05, 0.1) is 12.8 Å². The highest BCUT2D eigenvalue weighted by molar-refractivity contribution is 7.80. The van der Waals surface area contributed by atoms with Crippen LogP contribution in [0.1, 0.15) is 0 Å². The highest BCUT2D eigenvalue weighted by Crippen LogP contribution is 2.22. The van der Waals surface area contributed by atoms with Crippen LogP contribution in [0.15, 0.2) is 30.9 Å². The van der Waals surface area contributed by atoms with Crippen LogP contribution in [0.3, 0.4) is 0 Å². The number of nitrogens with one attached hydrogen (secondary N) is 1. The minimum Gasteiger partial charge on any atom is -0.497 e. The molecule has 0 unspecified atom stereocenters. The van der Waals surface area contributed by atoms with Crippen molar-refractivity contribution in [2.45, 2.75) is 0 Å². The maximum absolute atomic E-state index is 5.43. The van der Waals surface area contributed by atoms with Crippen LogP contribution in [-0.4, -0.2) is 27.0 Å². The normalized spacial score (nSPS) is 9.94. The molecule has 2 aromatic rings. The molecule has 0 saturated heterocycles. The van der Waals surface area contributed by atoms with Gasteiger partial charge in [0.2, 0.25) is 0 Å². The summed E-state index contributed by atoms with van der Waals surface area (Å²) in [7, 11) is 1.59. The van der Waals surface area contributed by atoms with Crippen molar-refractivity contribution in [1.82, 2.24) is 14.8 Å². The first kappa shape index (κ1) is 11.3. The fraction of sp³-hybridized carbons (Fsp3) is 0.100. The molecule has 17 heavy (non-hydrogen) atoms. The fourth-order valence-corrected chi connectivity index (χ4v) is 1.51. The average Bonchev–Trinajstić information content (AvgIpc) is 2.81. The molecule has 6 nitrogen and oxygen atoms in total. The lowest BCUT2D eigenvalue weighted by molar-refractivity contribution is 0.414. The van der Waals surface area contributed by atoms with Crippen LogP contribution in [0.4, 0.5) is 5.69 Å². The summed E-state index contributed by atoms with van der Waals surface area (Å²) in [6.45, 7) is 0. The maximum Gasteiger partial charge on any atom is 0.168 e. The number of aromatic nitrogens is 3. The summed E-state index contributed by atoms with van der Waals surface area (Å²) < 4.78 is 6.81. The lowest BCUT2D eigenvalue weighted by atomic mass is 10.2. The van der Waals surface area contributed by atoms with Gasteiger partial charge in [0, 0.05) is 17.8 Å². The highest BCUT2D eigenvalue weighted by Gasteiger charge is 2.04. The summed E-state index contributed by atoms with van der Waals surface area (Å²) in [6.07, 6.45) is 3.06. The Hall–Kier alpha value is -2.15. The lowest BCUT2D eigenvalue weighted by Gasteiger charge is -2.09. The second kappa shape index (κ2) is 4.79. The van der Waals surface area contributed by atoms with E-state index in [9.17, 15) is 0 Å². The number of nitrogens with zero attached hydrogens (tertiary/aromatic N) is 3. The molecule has 7 heteroatoms. The van der Waals surface area contributed by atoms with Gasteiger partial charge in [-0.3, -0.25) is 0 Å². The lowest BCUT2D eigenvalue weighted by Crippen LogP contribution is -2.19. The summed E-state index contributed by atoms with van der Waals surface area (Å²) in [4.78, 5) is 3.88. The SMILES string of the molecule is COc1cc(NC(N)=S)cc(-n2cncn2)c1. The van der Waals surface area contributed by atoms with Gasteiger partial charge in [-0.05, 0) is 18.3 Å². The van der Waals surface area contributed by atoms with Crippen molar-refractivity contribution in [2.24, 2.45) is 5.73 Å². The molecule has 2 rings (SSSR count). The Kier molecular flexibility index (Phi) is 3.20. The van der Waals surface area contributed by atoms with Crippen LogP contribution in [0.2, 0.25) is 0 Å². The number of nitrogens with two attached hydrogens (primary N) is 1. The minimum absolute atomic E-state index is 0.197. The smallest absolute Gasteiger partial charge is 0.168 e. The zero-order valence-electron chi connectivity index (χ0n) is 9.12. The van der Waals surface area contributed by atoms with Crippen molar-refractivity contribution in [3.8, 4) is 11.4 Å². The van der Waals surface area contributed by atoms with Gasteiger partial charge in [-0.25, -0.2) is 9.67 Å². The summed E-state index contributed by atoms with van der Waals surface area (Å²) in [6, 6.07) is 5.47. The Bertz CT molecular complexity index is 525. The molecule has 0 bridgehead atoms. The highest BCUT2D eigenvalue weighted by atomic mass is 32.1. The van der Waals surface area contributed by atoms with Crippen LogP contribution < -0.4 is 15.8 Å². The molecule has 1 aromatic carbocycles. The Balaban J connectivity index is 2.42. The van der Waals surface area contributed by atoms with Crippen molar-refractivity contribution in [3.05, 3.63) is 30.9 Å². The number of methoxy groups -OCH3 is 1. The summed E-state index contributed by atoms with van der Waals surface area (Å²) in [5, 5.41) is 7.09. The zero-order chi connectivity index (χ0) is 12.3. The summed E-state index contributed by atoms with van der Waals surface area (Å²) >= 11 is 4.79. The van der Waals surface area contributed by atoms with E-state index in [0.717, 1.165) is 11.4 Å². The van der Waals surface area contributed by atoms with Crippen molar-refractivity contribution < 1.29 is 4.74 Å². The second-order valence-corrected chi connectivity index (χ2v) is 3.69. The van der Waals surface area contributed by atoms with Gasteiger partial charge in [0.25, 0.3) is 0 Å². The van der Waals surface area contributed by atoms with E-state index in [4.69, 9.17) is 22.7 Å². The fourth-order valence-electron chi connectivity index (χ4n) is 1.39. The van der Waals surface area contributed by atoms with E-state index in [1.54, 1.807) is 24.2 Å². The molecule has 0 amide bonds. The predicted molar refractivity (Wildman–Crippen MR) is 68.3 cm³/mol. The minimum atomic E-state index is 0.197. The molecular formula is C10H11N5OS. The summed E-state index contributed by atoms with van der Waals surface area (Å²) in [5.41, 5.74) is 6.97. The van der Waals surface area contributed by atoms with Crippen LogP contribution in [-0.2, 0) is 0 Å².